The Labute approximate surface area is 170 Å². The van der Waals surface area contributed by atoms with E-state index in [1.807, 2.05) is 0 Å². The molecule has 29 heavy (non-hydrogen) atoms. The maximum absolute atomic E-state index is 12.3. The zero-order valence-electron chi connectivity index (χ0n) is 16.8. The summed E-state index contributed by atoms with van der Waals surface area (Å²) in [6, 6.07) is 6.31. The lowest BCUT2D eigenvalue weighted by atomic mass is 9.80. The molecule has 1 aliphatic carbocycles. The molecule has 0 atom stereocenters. The number of nitrogens with one attached hydrogen (secondary N) is 2. The number of halogens is 2. The predicted octanol–water partition coefficient (Wildman–Crippen LogP) is 3.16. The minimum Gasteiger partial charge on any atom is -0.435 e. The van der Waals surface area contributed by atoms with Crippen LogP contribution in [-0.4, -0.2) is 62.5 Å². The first kappa shape index (κ1) is 21.8. The van der Waals surface area contributed by atoms with E-state index in [1.54, 1.807) is 12.1 Å². The van der Waals surface area contributed by atoms with E-state index >= 15 is 0 Å². The van der Waals surface area contributed by atoms with Crippen molar-refractivity contribution in [3.63, 3.8) is 0 Å². The van der Waals surface area contributed by atoms with Gasteiger partial charge in [0, 0.05) is 31.7 Å². The van der Waals surface area contributed by atoms with Crippen LogP contribution in [0.25, 0.3) is 0 Å². The third kappa shape index (κ3) is 6.54. The van der Waals surface area contributed by atoms with Gasteiger partial charge >= 0.3 is 12.6 Å². The van der Waals surface area contributed by atoms with Crippen molar-refractivity contribution in [1.82, 2.24) is 15.5 Å². The first-order valence-electron chi connectivity index (χ1n) is 10.5. The molecule has 2 N–H and O–H groups in total. The van der Waals surface area contributed by atoms with Crippen molar-refractivity contribution < 1.29 is 23.0 Å². The number of nitrogens with zero attached hydrogens (tertiary/aromatic N) is 1. The van der Waals surface area contributed by atoms with Crippen LogP contribution in [0.4, 0.5) is 13.6 Å². The average molecular weight is 411 g/mol. The summed E-state index contributed by atoms with van der Waals surface area (Å²) in [5.41, 5.74) is 0.990. The number of benzene rings is 1. The van der Waals surface area contributed by atoms with Crippen LogP contribution in [0.5, 0.6) is 5.75 Å². The van der Waals surface area contributed by atoms with Crippen LogP contribution < -0.4 is 15.4 Å². The zero-order valence-corrected chi connectivity index (χ0v) is 16.8. The predicted molar refractivity (Wildman–Crippen MR) is 106 cm³/mol. The monoisotopic (exact) mass is 411 g/mol. The van der Waals surface area contributed by atoms with Crippen LogP contribution in [0.3, 0.4) is 0 Å². The fourth-order valence-corrected chi connectivity index (χ4v) is 4.32. The van der Waals surface area contributed by atoms with Gasteiger partial charge in [0.2, 0.25) is 0 Å². The van der Waals surface area contributed by atoms with Crippen LogP contribution in [-0.2, 0) is 11.2 Å². The highest BCUT2D eigenvalue weighted by atomic mass is 19.3. The van der Waals surface area contributed by atoms with Gasteiger partial charge < -0.3 is 20.1 Å². The van der Waals surface area contributed by atoms with E-state index in [0.717, 1.165) is 44.7 Å². The summed E-state index contributed by atoms with van der Waals surface area (Å²) >= 11 is 0. The second-order valence-electron chi connectivity index (χ2n) is 7.77. The fourth-order valence-electron chi connectivity index (χ4n) is 4.32. The van der Waals surface area contributed by atoms with Crippen LogP contribution >= 0.6 is 0 Å². The van der Waals surface area contributed by atoms with E-state index in [9.17, 15) is 13.6 Å². The number of amides is 2. The van der Waals surface area contributed by atoms with E-state index in [-0.39, 0.29) is 17.3 Å². The van der Waals surface area contributed by atoms with E-state index < -0.39 is 6.61 Å². The van der Waals surface area contributed by atoms with Crippen LogP contribution in [0.1, 0.15) is 37.7 Å². The molecule has 1 heterocycles. The smallest absolute Gasteiger partial charge is 0.387 e. The third-order valence-electron chi connectivity index (χ3n) is 5.89. The Bertz CT molecular complexity index is 631. The highest BCUT2D eigenvalue weighted by Crippen LogP contribution is 2.33. The molecule has 0 aromatic heterocycles. The van der Waals surface area contributed by atoms with E-state index in [0.29, 0.717) is 19.5 Å². The molecule has 3 rings (SSSR count). The Morgan fingerprint density at radius 2 is 1.79 bits per heavy atom. The van der Waals surface area contributed by atoms with Gasteiger partial charge in [-0.15, -0.1) is 0 Å². The lowest BCUT2D eigenvalue weighted by Crippen LogP contribution is -2.60. The van der Waals surface area contributed by atoms with Gasteiger partial charge in [0.05, 0.1) is 13.2 Å². The van der Waals surface area contributed by atoms with Crippen molar-refractivity contribution in [2.45, 2.75) is 50.7 Å². The molecule has 0 spiro atoms. The van der Waals surface area contributed by atoms with E-state index in [1.165, 1.54) is 31.4 Å². The van der Waals surface area contributed by atoms with Gasteiger partial charge in [-0.2, -0.15) is 8.78 Å². The molecular formula is C21H31F2N3O3. The molecule has 1 aromatic rings. The molecule has 162 valence electrons. The topological polar surface area (TPSA) is 62.8 Å². The second kappa shape index (κ2) is 10.7. The molecule has 0 bridgehead atoms. The number of rotatable bonds is 8. The van der Waals surface area contributed by atoms with Crippen LogP contribution in [0, 0.1) is 0 Å². The number of hydrogen-bond acceptors (Lipinski definition) is 4. The van der Waals surface area contributed by atoms with Crippen molar-refractivity contribution in [3.05, 3.63) is 29.8 Å². The summed E-state index contributed by atoms with van der Waals surface area (Å²) in [7, 11) is 0. The van der Waals surface area contributed by atoms with Crippen LogP contribution in [0.2, 0.25) is 0 Å². The molecule has 8 heteroatoms. The second-order valence-corrected chi connectivity index (χ2v) is 7.77. The van der Waals surface area contributed by atoms with Crippen molar-refractivity contribution >= 4 is 6.03 Å². The van der Waals surface area contributed by atoms with Crippen LogP contribution in [0.15, 0.2) is 24.3 Å². The minimum atomic E-state index is -2.82. The highest BCUT2D eigenvalue weighted by Gasteiger charge is 2.38. The maximum atomic E-state index is 12.3. The first-order valence-corrected chi connectivity index (χ1v) is 10.5. The number of morpholine rings is 1. The normalized spacial score (nSPS) is 19.7. The summed E-state index contributed by atoms with van der Waals surface area (Å²) < 4.78 is 34.2. The molecule has 1 saturated carbocycles. The lowest BCUT2D eigenvalue weighted by Gasteiger charge is -2.48. The largest absolute Gasteiger partial charge is 0.435 e. The molecule has 1 saturated heterocycles. The van der Waals surface area contributed by atoms with Crippen molar-refractivity contribution in [2.75, 3.05) is 39.4 Å². The van der Waals surface area contributed by atoms with Gasteiger partial charge in [-0.3, -0.25) is 4.90 Å². The lowest BCUT2D eigenvalue weighted by molar-refractivity contribution is -0.0498. The standard InChI is InChI=1S/C21H31F2N3O3/c22-19(23)29-18-6-4-17(5-7-18)8-11-24-20(27)25-16-21(9-2-1-3-10-21)26-12-14-28-15-13-26/h4-7,19H,1-3,8-16H2,(H2,24,25,27). The van der Waals surface area contributed by atoms with Gasteiger partial charge in [-0.1, -0.05) is 31.4 Å². The van der Waals surface area contributed by atoms with Crippen molar-refractivity contribution in [2.24, 2.45) is 0 Å². The molecule has 0 radical (unpaired) electrons. The summed E-state index contributed by atoms with van der Waals surface area (Å²) in [5.74, 6) is 0.135. The minimum absolute atomic E-state index is 0.0416. The summed E-state index contributed by atoms with van der Waals surface area (Å²) in [6.45, 7) is 1.67. The number of urea groups is 1. The number of alkyl halides is 2. The maximum Gasteiger partial charge on any atom is 0.387 e. The van der Waals surface area contributed by atoms with Gasteiger partial charge in [-0.05, 0) is 37.0 Å². The molecule has 2 amide bonds. The van der Waals surface area contributed by atoms with Gasteiger partial charge in [0.1, 0.15) is 5.75 Å². The zero-order chi connectivity index (χ0) is 20.5. The third-order valence-corrected chi connectivity index (χ3v) is 5.89. The summed E-state index contributed by atoms with van der Waals surface area (Å²) in [6.07, 6.45) is 6.51. The molecular weight excluding hydrogens is 380 g/mol. The quantitative estimate of drug-likeness (QED) is 0.690. The molecule has 2 aliphatic rings. The average Bonchev–Trinajstić information content (AvgIpc) is 2.74. The van der Waals surface area contributed by atoms with Crippen molar-refractivity contribution in [1.29, 1.82) is 0 Å². The molecule has 1 aromatic carbocycles. The SMILES string of the molecule is O=C(NCCc1ccc(OC(F)F)cc1)NCC1(N2CCOCC2)CCCCC1. The number of carbonyl (C=O) groups excluding carboxylic acids is 1. The molecule has 2 fully saturated rings. The summed E-state index contributed by atoms with van der Waals surface area (Å²) in [4.78, 5) is 14.8. The molecule has 1 aliphatic heterocycles. The Morgan fingerprint density at radius 3 is 2.45 bits per heavy atom. The Kier molecular flexibility index (Phi) is 8.06. The molecule has 6 nitrogen and oxygen atoms in total. The van der Waals surface area contributed by atoms with Crippen molar-refractivity contribution in [3.8, 4) is 5.75 Å². The first-order chi connectivity index (χ1) is 14.1. The van der Waals surface area contributed by atoms with Gasteiger partial charge in [-0.25, -0.2) is 4.79 Å². The number of carbonyl (C=O) groups is 1. The van der Waals surface area contributed by atoms with Gasteiger partial charge in [0.15, 0.2) is 0 Å². The number of ether oxygens (including phenoxy) is 2. The fraction of sp³-hybridized carbons (Fsp3) is 0.667. The Morgan fingerprint density at radius 1 is 1.10 bits per heavy atom. The van der Waals surface area contributed by atoms with E-state index in [2.05, 4.69) is 20.3 Å². The summed E-state index contributed by atoms with van der Waals surface area (Å²) in [5, 5.41) is 5.96. The Balaban J connectivity index is 1.42. The molecule has 0 unspecified atom stereocenters. The number of hydrogen-bond donors (Lipinski definition) is 2. The van der Waals surface area contributed by atoms with E-state index in [4.69, 9.17) is 4.74 Å². The highest BCUT2D eigenvalue weighted by molar-refractivity contribution is 5.73. The Hall–Kier alpha value is -1.93. The van der Waals surface area contributed by atoms with Gasteiger partial charge in [0.25, 0.3) is 0 Å².